The van der Waals surface area contributed by atoms with Gasteiger partial charge < -0.3 is 25.2 Å². The lowest BCUT2D eigenvalue weighted by Gasteiger charge is -2.37. The van der Waals surface area contributed by atoms with Gasteiger partial charge in [-0.15, -0.1) is 0 Å². The van der Waals surface area contributed by atoms with Gasteiger partial charge in [0.1, 0.15) is 18.0 Å². The molecule has 3 N–H and O–H groups in total. The van der Waals surface area contributed by atoms with Crippen LogP contribution in [0.3, 0.4) is 0 Å². The van der Waals surface area contributed by atoms with Gasteiger partial charge in [-0.3, -0.25) is 9.59 Å². The normalized spacial score (nSPS) is 23.3. The predicted molar refractivity (Wildman–Crippen MR) is 148 cm³/mol. The van der Waals surface area contributed by atoms with Crippen LogP contribution in [-0.2, 0) is 20.9 Å². The van der Waals surface area contributed by atoms with Crippen LogP contribution in [0.4, 0.5) is 5.69 Å². The van der Waals surface area contributed by atoms with Crippen LogP contribution in [0.5, 0.6) is 5.75 Å². The quantitative estimate of drug-likeness (QED) is 0.373. The number of anilines is 1. The number of ether oxygens (including phenoxy) is 2. The molecule has 39 heavy (non-hydrogen) atoms. The molecule has 6 rings (SSSR count). The summed E-state index contributed by atoms with van der Waals surface area (Å²) in [6.07, 6.45) is 2.46. The van der Waals surface area contributed by atoms with Gasteiger partial charge in [0, 0.05) is 30.1 Å². The molecular formula is C32H34N2O5. The summed E-state index contributed by atoms with van der Waals surface area (Å²) in [6, 6.07) is 24.1. The molecule has 0 radical (unpaired) electrons. The van der Waals surface area contributed by atoms with Gasteiger partial charge in [0.25, 0.3) is 0 Å². The standard InChI is InChI=1S/C32H34N2O5/c35-19-29-32-27(26-15-24(12-13-28(26)39-32)34-31(37)14-20-6-7-20)16-25(38-29)17-30(36)33-18-21-8-10-23(11-9-21)22-4-2-1-3-5-22/h1-5,8-13,15,20,25,27,29,32,35H,6-7,14,16-19H2,(H,33,36)(H,34,37)/t25-,27+,29+,32-/m0/s1. The molecule has 2 fully saturated rings. The first kappa shape index (κ1) is 25.6. The van der Waals surface area contributed by atoms with Crippen molar-refractivity contribution in [1.82, 2.24) is 5.32 Å². The van der Waals surface area contributed by atoms with Gasteiger partial charge in [-0.25, -0.2) is 0 Å². The Balaban J connectivity index is 1.06. The summed E-state index contributed by atoms with van der Waals surface area (Å²) in [6.45, 7) is 0.248. The molecule has 2 aliphatic heterocycles. The number of nitrogens with one attached hydrogen (secondary N) is 2. The summed E-state index contributed by atoms with van der Waals surface area (Å²) < 4.78 is 12.3. The van der Waals surface area contributed by atoms with Crippen LogP contribution in [0.25, 0.3) is 11.1 Å². The van der Waals surface area contributed by atoms with E-state index in [-0.39, 0.29) is 43.0 Å². The zero-order valence-corrected chi connectivity index (χ0v) is 21.8. The highest BCUT2D eigenvalue weighted by atomic mass is 16.6. The van der Waals surface area contributed by atoms with Gasteiger partial charge >= 0.3 is 0 Å². The van der Waals surface area contributed by atoms with Crippen LogP contribution in [0, 0.1) is 5.92 Å². The van der Waals surface area contributed by atoms with E-state index < -0.39 is 6.10 Å². The number of carbonyl (C=O) groups excluding carboxylic acids is 2. The minimum Gasteiger partial charge on any atom is -0.487 e. The van der Waals surface area contributed by atoms with E-state index in [1.54, 1.807) is 0 Å². The highest BCUT2D eigenvalue weighted by molar-refractivity contribution is 5.91. The second-order valence-corrected chi connectivity index (χ2v) is 10.9. The Bertz CT molecular complexity index is 1320. The van der Waals surface area contributed by atoms with Gasteiger partial charge in [-0.1, -0.05) is 54.6 Å². The van der Waals surface area contributed by atoms with Crippen molar-refractivity contribution in [3.8, 4) is 16.9 Å². The molecule has 7 nitrogen and oxygen atoms in total. The summed E-state index contributed by atoms with van der Waals surface area (Å²) >= 11 is 0. The number of aliphatic hydroxyl groups excluding tert-OH is 1. The first-order valence-corrected chi connectivity index (χ1v) is 13.8. The van der Waals surface area contributed by atoms with Crippen molar-refractivity contribution >= 4 is 17.5 Å². The van der Waals surface area contributed by atoms with E-state index in [0.29, 0.717) is 25.3 Å². The van der Waals surface area contributed by atoms with Crippen molar-refractivity contribution in [2.75, 3.05) is 11.9 Å². The Hall–Kier alpha value is -3.68. The lowest BCUT2D eigenvalue weighted by molar-refractivity contribution is -0.142. The van der Waals surface area contributed by atoms with Gasteiger partial charge in [-0.2, -0.15) is 0 Å². The third-order valence-electron chi connectivity index (χ3n) is 7.92. The Morgan fingerprint density at radius 3 is 2.41 bits per heavy atom. The maximum absolute atomic E-state index is 12.8. The SMILES string of the molecule is O=C(C[C@@H]1C[C@@H]2c3cc(NC(=O)CC4CC4)ccc3O[C@@H]2[C@@H](CO)O1)NCc1ccc(-c2ccccc2)cc1. The van der Waals surface area contributed by atoms with Crippen molar-refractivity contribution in [2.45, 2.75) is 62.9 Å². The van der Waals surface area contributed by atoms with Crippen LogP contribution >= 0.6 is 0 Å². The second kappa shape index (κ2) is 11.2. The molecule has 0 aromatic heterocycles. The number of hydrogen-bond donors (Lipinski definition) is 3. The van der Waals surface area contributed by atoms with E-state index in [1.807, 2.05) is 48.5 Å². The number of hydrogen-bond acceptors (Lipinski definition) is 5. The first-order chi connectivity index (χ1) is 19.1. The Morgan fingerprint density at radius 2 is 1.67 bits per heavy atom. The molecule has 3 aromatic rings. The molecule has 3 aliphatic rings. The molecule has 1 saturated carbocycles. The molecule has 4 atom stereocenters. The smallest absolute Gasteiger partial charge is 0.224 e. The van der Waals surface area contributed by atoms with Crippen molar-refractivity contribution in [1.29, 1.82) is 0 Å². The minimum atomic E-state index is -0.521. The number of carbonyl (C=O) groups is 2. The van der Waals surface area contributed by atoms with Crippen LogP contribution < -0.4 is 15.4 Å². The fourth-order valence-corrected chi connectivity index (χ4v) is 5.69. The fourth-order valence-electron chi connectivity index (χ4n) is 5.69. The number of benzene rings is 3. The molecule has 202 valence electrons. The number of fused-ring (bicyclic) bond motifs is 3. The molecule has 3 aromatic carbocycles. The van der Waals surface area contributed by atoms with E-state index >= 15 is 0 Å². The Morgan fingerprint density at radius 1 is 0.897 bits per heavy atom. The molecular weight excluding hydrogens is 492 g/mol. The third kappa shape index (κ3) is 6.00. The summed E-state index contributed by atoms with van der Waals surface area (Å²) in [5, 5.41) is 16.0. The molecule has 1 aliphatic carbocycles. The summed E-state index contributed by atoms with van der Waals surface area (Å²) in [7, 11) is 0. The average molecular weight is 527 g/mol. The minimum absolute atomic E-state index is 0.0190. The van der Waals surface area contributed by atoms with E-state index in [1.165, 1.54) is 0 Å². The maximum Gasteiger partial charge on any atom is 0.224 e. The van der Waals surface area contributed by atoms with Crippen LogP contribution in [0.15, 0.2) is 72.8 Å². The summed E-state index contributed by atoms with van der Waals surface area (Å²) in [4.78, 5) is 25.2. The maximum atomic E-state index is 12.8. The first-order valence-electron chi connectivity index (χ1n) is 13.8. The zero-order chi connectivity index (χ0) is 26.8. The van der Waals surface area contributed by atoms with Gasteiger partial charge in [-0.05, 0) is 60.1 Å². The number of rotatable bonds is 9. The molecule has 2 heterocycles. The molecule has 7 heteroatoms. The van der Waals surface area contributed by atoms with Gasteiger partial charge in [0.05, 0.1) is 19.1 Å². The molecule has 0 spiro atoms. The molecule has 0 unspecified atom stereocenters. The van der Waals surface area contributed by atoms with Gasteiger partial charge in [0.15, 0.2) is 0 Å². The highest BCUT2D eigenvalue weighted by Gasteiger charge is 2.46. The monoisotopic (exact) mass is 526 g/mol. The third-order valence-corrected chi connectivity index (χ3v) is 7.92. The predicted octanol–water partition coefficient (Wildman–Crippen LogP) is 4.79. The van der Waals surface area contributed by atoms with Crippen LogP contribution in [0.2, 0.25) is 0 Å². The lowest BCUT2D eigenvalue weighted by Crippen LogP contribution is -2.47. The Labute approximate surface area is 228 Å². The van der Waals surface area contributed by atoms with Crippen molar-refractivity contribution in [2.24, 2.45) is 5.92 Å². The van der Waals surface area contributed by atoms with Crippen molar-refractivity contribution < 1.29 is 24.2 Å². The Kier molecular flexibility index (Phi) is 7.35. The number of aliphatic hydroxyl groups is 1. The summed E-state index contributed by atoms with van der Waals surface area (Å²) in [5.74, 6) is 1.19. The van der Waals surface area contributed by atoms with Crippen molar-refractivity contribution in [3.63, 3.8) is 0 Å². The van der Waals surface area contributed by atoms with E-state index in [4.69, 9.17) is 9.47 Å². The molecule has 2 amide bonds. The fraction of sp³-hybridized carbons (Fsp3) is 0.375. The summed E-state index contributed by atoms with van der Waals surface area (Å²) in [5.41, 5.74) is 5.06. The zero-order valence-electron chi connectivity index (χ0n) is 21.8. The largest absolute Gasteiger partial charge is 0.487 e. The molecule has 0 bridgehead atoms. The van der Waals surface area contributed by atoms with Crippen LogP contribution in [-0.4, -0.2) is 41.8 Å². The highest BCUT2D eigenvalue weighted by Crippen LogP contribution is 2.47. The second-order valence-electron chi connectivity index (χ2n) is 10.9. The van der Waals surface area contributed by atoms with Crippen LogP contribution in [0.1, 0.15) is 49.1 Å². The molecule has 1 saturated heterocycles. The van der Waals surface area contributed by atoms with Gasteiger partial charge in [0.2, 0.25) is 11.8 Å². The average Bonchev–Trinajstić information content (AvgIpc) is 3.70. The van der Waals surface area contributed by atoms with E-state index in [2.05, 4.69) is 34.9 Å². The number of amides is 2. The van der Waals surface area contributed by atoms with Crippen molar-refractivity contribution in [3.05, 3.63) is 83.9 Å². The topological polar surface area (TPSA) is 96.9 Å². The van der Waals surface area contributed by atoms with E-state index in [0.717, 1.165) is 46.5 Å². The van der Waals surface area contributed by atoms with E-state index in [9.17, 15) is 14.7 Å². The lowest BCUT2D eigenvalue weighted by atomic mass is 9.84.